The highest BCUT2D eigenvalue weighted by atomic mass is 127. The Hall–Kier alpha value is -1.09. The molecule has 24 heavy (non-hydrogen) atoms. The van der Waals surface area contributed by atoms with Crippen LogP contribution in [-0.2, 0) is 20.1 Å². The SMILES string of the molecule is CCNC(=NCc1ncccc1C)N(C)Cc1cc(Br)cn1C.I. The van der Waals surface area contributed by atoms with Gasteiger partial charge >= 0.3 is 0 Å². The van der Waals surface area contributed by atoms with Crippen molar-refractivity contribution in [2.75, 3.05) is 13.6 Å². The first-order chi connectivity index (χ1) is 11.0. The summed E-state index contributed by atoms with van der Waals surface area (Å²) in [4.78, 5) is 11.3. The summed E-state index contributed by atoms with van der Waals surface area (Å²) in [7, 11) is 4.10. The second-order valence-corrected chi connectivity index (χ2v) is 6.47. The van der Waals surface area contributed by atoms with Crippen molar-refractivity contribution < 1.29 is 0 Å². The van der Waals surface area contributed by atoms with E-state index in [2.05, 4.69) is 74.9 Å². The molecule has 2 heterocycles. The Balaban J connectivity index is 0.00000288. The van der Waals surface area contributed by atoms with E-state index in [0.717, 1.165) is 29.2 Å². The van der Waals surface area contributed by atoms with Crippen molar-refractivity contribution in [1.82, 2.24) is 19.8 Å². The molecule has 2 aromatic rings. The number of hydrogen-bond donors (Lipinski definition) is 1. The van der Waals surface area contributed by atoms with Gasteiger partial charge in [0.25, 0.3) is 0 Å². The fourth-order valence-electron chi connectivity index (χ4n) is 2.34. The molecule has 0 saturated carbocycles. The van der Waals surface area contributed by atoms with Gasteiger partial charge in [-0.2, -0.15) is 0 Å². The number of aliphatic imine (C=N–C) groups is 1. The number of hydrogen-bond acceptors (Lipinski definition) is 2. The van der Waals surface area contributed by atoms with E-state index in [4.69, 9.17) is 4.99 Å². The van der Waals surface area contributed by atoms with Gasteiger partial charge in [-0.25, -0.2) is 4.99 Å². The van der Waals surface area contributed by atoms with Gasteiger partial charge in [0.2, 0.25) is 0 Å². The predicted octanol–water partition coefficient (Wildman–Crippen LogP) is 3.71. The van der Waals surface area contributed by atoms with Gasteiger partial charge in [-0.15, -0.1) is 24.0 Å². The zero-order valence-electron chi connectivity index (χ0n) is 14.6. The van der Waals surface area contributed by atoms with Crippen molar-refractivity contribution >= 4 is 45.9 Å². The Kier molecular flexibility index (Phi) is 8.75. The highest BCUT2D eigenvalue weighted by Crippen LogP contribution is 2.15. The molecule has 2 aromatic heterocycles. The molecule has 0 aliphatic carbocycles. The topological polar surface area (TPSA) is 45.5 Å². The second kappa shape index (κ2) is 10.0. The number of pyridine rings is 1. The standard InChI is InChI=1S/C17H24BrN5.HI/c1-5-19-17(21-10-16-13(2)7-6-8-20-16)23(4)12-15-9-14(18)11-22(15)3;/h6-9,11H,5,10,12H2,1-4H3,(H,19,21);1H. The van der Waals surface area contributed by atoms with Crippen LogP contribution >= 0.6 is 39.9 Å². The van der Waals surface area contributed by atoms with Crippen LogP contribution in [0, 0.1) is 6.92 Å². The number of guanidine groups is 1. The number of nitrogens with zero attached hydrogens (tertiary/aromatic N) is 4. The predicted molar refractivity (Wildman–Crippen MR) is 114 cm³/mol. The molecule has 2 rings (SSSR count). The van der Waals surface area contributed by atoms with Crippen LogP contribution in [0.3, 0.4) is 0 Å². The molecule has 1 N–H and O–H groups in total. The molecule has 0 bridgehead atoms. The van der Waals surface area contributed by atoms with Gasteiger partial charge in [0, 0.05) is 43.2 Å². The van der Waals surface area contributed by atoms with E-state index >= 15 is 0 Å². The lowest BCUT2D eigenvalue weighted by atomic mass is 10.2. The first-order valence-electron chi connectivity index (χ1n) is 7.72. The summed E-state index contributed by atoms with van der Waals surface area (Å²) in [5.41, 5.74) is 3.40. The number of rotatable bonds is 5. The molecular weight excluding hydrogens is 481 g/mol. The van der Waals surface area contributed by atoms with E-state index in [1.807, 2.05) is 19.3 Å². The van der Waals surface area contributed by atoms with Crippen LogP contribution in [0.5, 0.6) is 0 Å². The molecule has 0 fully saturated rings. The summed E-state index contributed by atoms with van der Waals surface area (Å²) < 4.78 is 3.21. The van der Waals surface area contributed by atoms with Crippen LogP contribution < -0.4 is 5.32 Å². The highest BCUT2D eigenvalue weighted by molar-refractivity contribution is 14.0. The third-order valence-corrected chi connectivity index (χ3v) is 4.10. The molecule has 0 amide bonds. The molecule has 0 aromatic carbocycles. The first kappa shape index (κ1) is 21.0. The number of halogens is 2. The molecule has 0 aliphatic rings. The normalized spacial score (nSPS) is 11.1. The van der Waals surface area contributed by atoms with Gasteiger partial charge in [-0.3, -0.25) is 4.98 Å². The van der Waals surface area contributed by atoms with E-state index in [1.165, 1.54) is 11.3 Å². The van der Waals surface area contributed by atoms with E-state index in [0.29, 0.717) is 6.54 Å². The van der Waals surface area contributed by atoms with Gasteiger partial charge in [-0.1, -0.05) is 6.07 Å². The van der Waals surface area contributed by atoms with Crippen LogP contribution in [0.2, 0.25) is 0 Å². The zero-order chi connectivity index (χ0) is 16.8. The van der Waals surface area contributed by atoms with Crippen LogP contribution in [0.4, 0.5) is 0 Å². The lowest BCUT2D eigenvalue weighted by Gasteiger charge is -2.22. The Morgan fingerprint density at radius 3 is 2.79 bits per heavy atom. The van der Waals surface area contributed by atoms with Crippen LogP contribution in [0.25, 0.3) is 0 Å². The molecule has 5 nitrogen and oxygen atoms in total. The van der Waals surface area contributed by atoms with Crippen molar-refractivity contribution in [2.24, 2.45) is 12.0 Å². The molecule has 0 unspecified atom stereocenters. The van der Waals surface area contributed by atoms with Gasteiger partial charge in [-0.05, 0) is 47.5 Å². The number of aryl methyl sites for hydroxylation is 2. The maximum absolute atomic E-state index is 4.73. The average molecular weight is 506 g/mol. The van der Waals surface area contributed by atoms with Crippen molar-refractivity contribution in [1.29, 1.82) is 0 Å². The minimum atomic E-state index is 0. The fraction of sp³-hybridized carbons (Fsp3) is 0.412. The summed E-state index contributed by atoms with van der Waals surface area (Å²) >= 11 is 3.52. The quantitative estimate of drug-likeness (QED) is 0.383. The van der Waals surface area contributed by atoms with E-state index < -0.39 is 0 Å². The fourth-order valence-corrected chi connectivity index (χ4v) is 2.92. The zero-order valence-corrected chi connectivity index (χ0v) is 18.5. The van der Waals surface area contributed by atoms with E-state index in [-0.39, 0.29) is 24.0 Å². The van der Waals surface area contributed by atoms with E-state index in [9.17, 15) is 0 Å². The number of nitrogens with one attached hydrogen (secondary N) is 1. The molecule has 0 radical (unpaired) electrons. The maximum atomic E-state index is 4.73. The van der Waals surface area contributed by atoms with Gasteiger partial charge in [0.05, 0.1) is 18.8 Å². The van der Waals surface area contributed by atoms with Gasteiger partial charge in [0.1, 0.15) is 0 Å². The summed E-state index contributed by atoms with van der Waals surface area (Å²) in [5, 5.41) is 3.35. The molecule has 7 heteroatoms. The Labute approximate surface area is 169 Å². The third kappa shape index (κ3) is 5.77. The largest absolute Gasteiger partial charge is 0.357 e. The van der Waals surface area contributed by atoms with Crippen molar-refractivity contribution in [3.8, 4) is 0 Å². The molecule has 0 saturated heterocycles. The van der Waals surface area contributed by atoms with Crippen LogP contribution in [-0.4, -0.2) is 34.0 Å². The summed E-state index contributed by atoms with van der Waals surface area (Å²) in [5.74, 6) is 0.884. The molecular formula is C17H25BrIN5. The summed E-state index contributed by atoms with van der Waals surface area (Å²) in [6, 6.07) is 6.14. The summed E-state index contributed by atoms with van der Waals surface area (Å²) in [6.07, 6.45) is 3.88. The van der Waals surface area contributed by atoms with Crippen molar-refractivity contribution in [3.05, 3.63) is 52.0 Å². The lowest BCUT2D eigenvalue weighted by molar-refractivity contribution is 0.461. The average Bonchev–Trinajstić information content (AvgIpc) is 2.82. The third-order valence-electron chi connectivity index (χ3n) is 3.67. The minimum absolute atomic E-state index is 0. The molecule has 132 valence electrons. The number of aromatic nitrogens is 2. The monoisotopic (exact) mass is 505 g/mol. The molecule has 0 spiro atoms. The summed E-state index contributed by atoms with van der Waals surface area (Å²) in [6.45, 7) is 6.34. The molecule has 0 atom stereocenters. The molecule has 0 aliphatic heterocycles. The van der Waals surface area contributed by atoms with Gasteiger partial charge < -0.3 is 14.8 Å². The highest BCUT2D eigenvalue weighted by Gasteiger charge is 2.10. The van der Waals surface area contributed by atoms with Crippen molar-refractivity contribution in [2.45, 2.75) is 26.9 Å². The lowest BCUT2D eigenvalue weighted by Crippen LogP contribution is -2.38. The van der Waals surface area contributed by atoms with E-state index in [1.54, 1.807) is 0 Å². The van der Waals surface area contributed by atoms with Crippen LogP contribution in [0.1, 0.15) is 23.9 Å². The Bertz CT molecular complexity index is 683. The Morgan fingerprint density at radius 1 is 1.46 bits per heavy atom. The smallest absolute Gasteiger partial charge is 0.194 e. The maximum Gasteiger partial charge on any atom is 0.194 e. The van der Waals surface area contributed by atoms with Crippen molar-refractivity contribution in [3.63, 3.8) is 0 Å². The minimum Gasteiger partial charge on any atom is -0.357 e. The first-order valence-corrected chi connectivity index (χ1v) is 8.51. The van der Waals surface area contributed by atoms with Crippen LogP contribution in [0.15, 0.2) is 40.1 Å². The second-order valence-electron chi connectivity index (χ2n) is 5.55. The Morgan fingerprint density at radius 2 is 2.21 bits per heavy atom. The van der Waals surface area contributed by atoms with Gasteiger partial charge in [0.15, 0.2) is 5.96 Å².